The zero-order valence-corrected chi connectivity index (χ0v) is 10.4. The molecule has 2 aromatic rings. The Bertz CT molecular complexity index is 525. The van der Waals surface area contributed by atoms with Gasteiger partial charge in [-0.1, -0.05) is 5.16 Å². The fourth-order valence-electron chi connectivity index (χ4n) is 1.56. The number of thiazole rings is 1. The third-order valence-corrected chi connectivity index (χ3v) is 3.30. The highest BCUT2D eigenvalue weighted by Gasteiger charge is 2.15. The molecule has 1 N–H and O–H groups in total. The van der Waals surface area contributed by atoms with Crippen molar-refractivity contribution in [3.8, 4) is 10.6 Å². The molecule has 2 aromatic heterocycles. The molecule has 0 bridgehead atoms. The van der Waals surface area contributed by atoms with E-state index < -0.39 is 5.97 Å². The molecule has 5 nitrogen and oxygen atoms in total. The number of rotatable bonds is 4. The molecular weight excluding hydrogens is 240 g/mol. The van der Waals surface area contributed by atoms with Crippen LogP contribution in [0.4, 0.5) is 0 Å². The quantitative estimate of drug-likeness (QED) is 0.904. The van der Waals surface area contributed by atoms with Crippen molar-refractivity contribution in [3.63, 3.8) is 0 Å². The first-order valence-electron chi connectivity index (χ1n) is 5.17. The maximum absolute atomic E-state index is 10.5. The Morgan fingerprint density at radius 3 is 2.88 bits per heavy atom. The van der Waals surface area contributed by atoms with Crippen LogP contribution in [0.5, 0.6) is 0 Å². The Morgan fingerprint density at radius 2 is 2.29 bits per heavy atom. The van der Waals surface area contributed by atoms with Gasteiger partial charge >= 0.3 is 5.97 Å². The van der Waals surface area contributed by atoms with Crippen LogP contribution in [0.3, 0.4) is 0 Å². The summed E-state index contributed by atoms with van der Waals surface area (Å²) in [5, 5.41) is 15.2. The van der Waals surface area contributed by atoms with E-state index in [2.05, 4.69) is 10.1 Å². The number of carboxylic acid groups (broad SMARTS) is 1. The highest BCUT2D eigenvalue weighted by molar-refractivity contribution is 7.13. The van der Waals surface area contributed by atoms with E-state index in [0.29, 0.717) is 6.42 Å². The van der Waals surface area contributed by atoms with Gasteiger partial charge in [0, 0.05) is 11.8 Å². The fourth-order valence-corrected chi connectivity index (χ4v) is 2.56. The van der Waals surface area contributed by atoms with E-state index in [1.54, 1.807) is 0 Å². The van der Waals surface area contributed by atoms with Gasteiger partial charge in [0.2, 0.25) is 0 Å². The van der Waals surface area contributed by atoms with Crippen molar-refractivity contribution in [1.29, 1.82) is 0 Å². The first-order chi connectivity index (χ1) is 8.08. The molecule has 0 fully saturated rings. The van der Waals surface area contributed by atoms with Crippen molar-refractivity contribution in [1.82, 2.24) is 10.1 Å². The molecule has 90 valence electrons. The molecule has 0 atom stereocenters. The number of hydrogen-bond acceptors (Lipinski definition) is 5. The summed E-state index contributed by atoms with van der Waals surface area (Å²) in [6.45, 7) is 3.71. The van der Waals surface area contributed by atoms with Gasteiger partial charge in [-0.3, -0.25) is 4.79 Å². The second-order valence-corrected chi connectivity index (χ2v) is 4.60. The monoisotopic (exact) mass is 252 g/mol. The third-order valence-electron chi connectivity index (χ3n) is 2.39. The lowest BCUT2D eigenvalue weighted by molar-refractivity contribution is -0.136. The van der Waals surface area contributed by atoms with Gasteiger partial charge in [0.1, 0.15) is 10.8 Å². The summed E-state index contributed by atoms with van der Waals surface area (Å²) in [5.41, 5.74) is 2.52. The van der Waals surface area contributed by atoms with Gasteiger partial charge in [-0.15, -0.1) is 11.3 Å². The SMILES string of the molecule is Cc1noc(C)c1-c1nc(CCC(=O)O)cs1. The van der Waals surface area contributed by atoms with Gasteiger partial charge in [-0.2, -0.15) is 0 Å². The molecule has 0 saturated heterocycles. The molecule has 0 saturated carbocycles. The van der Waals surface area contributed by atoms with Crippen molar-refractivity contribution in [3.05, 3.63) is 22.5 Å². The summed E-state index contributed by atoms with van der Waals surface area (Å²) >= 11 is 1.48. The molecule has 0 aromatic carbocycles. The lowest BCUT2D eigenvalue weighted by Crippen LogP contribution is -1.97. The molecule has 0 spiro atoms. The Labute approximate surface area is 102 Å². The molecule has 0 aliphatic carbocycles. The van der Waals surface area contributed by atoms with Gasteiger partial charge in [0.15, 0.2) is 0 Å². The van der Waals surface area contributed by atoms with Crippen LogP contribution in [0, 0.1) is 13.8 Å². The highest BCUT2D eigenvalue weighted by atomic mass is 32.1. The summed E-state index contributed by atoms with van der Waals surface area (Å²) < 4.78 is 5.08. The summed E-state index contributed by atoms with van der Waals surface area (Å²) in [4.78, 5) is 14.9. The van der Waals surface area contributed by atoms with Gasteiger partial charge in [0.05, 0.1) is 23.4 Å². The van der Waals surface area contributed by atoms with Crippen molar-refractivity contribution >= 4 is 17.3 Å². The average molecular weight is 252 g/mol. The number of aromatic nitrogens is 2. The predicted octanol–water partition coefficient (Wildman–Crippen LogP) is 2.43. The molecule has 2 heterocycles. The number of carbonyl (C=O) groups is 1. The first kappa shape index (κ1) is 11.8. The molecule has 0 radical (unpaired) electrons. The van der Waals surface area contributed by atoms with Crippen LogP contribution in [0.25, 0.3) is 10.6 Å². The van der Waals surface area contributed by atoms with Crippen LogP contribution in [0.2, 0.25) is 0 Å². The zero-order valence-electron chi connectivity index (χ0n) is 9.56. The summed E-state index contributed by atoms with van der Waals surface area (Å²) in [6.07, 6.45) is 0.556. The Balaban J connectivity index is 2.21. The molecule has 0 aliphatic rings. The third kappa shape index (κ3) is 2.52. The summed E-state index contributed by atoms with van der Waals surface area (Å²) in [7, 11) is 0. The van der Waals surface area contributed by atoms with Gasteiger partial charge in [-0.25, -0.2) is 4.98 Å². The van der Waals surface area contributed by atoms with E-state index in [9.17, 15) is 4.79 Å². The Hall–Kier alpha value is -1.69. The van der Waals surface area contributed by atoms with Crippen LogP contribution in [0.1, 0.15) is 23.6 Å². The van der Waals surface area contributed by atoms with Crippen molar-refractivity contribution in [2.45, 2.75) is 26.7 Å². The van der Waals surface area contributed by atoms with Crippen molar-refractivity contribution < 1.29 is 14.4 Å². The van der Waals surface area contributed by atoms with Crippen molar-refractivity contribution in [2.24, 2.45) is 0 Å². The van der Waals surface area contributed by atoms with Gasteiger partial charge in [-0.05, 0) is 13.8 Å². The van der Waals surface area contributed by atoms with E-state index in [-0.39, 0.29) is 6.42 Å². The minimum atomic E-state index is -0.808. The highest BCUT2D eigenvalue weighted by Crippen LogP contribution is 2.29. The number of carboxylic acids is 1. The van der Waals surface area contributed by atoms with E-state index in [1.807, 2.05) is 19.2 Å². The lowest BCUT2D eigenvalue weighted by atomic mass is 10.2. The van der Waals surface area contributed by atoms with Crippen LogP contribution in [-0.4, -0.2) is 21.2 Å². The normalized spacial score (nSPS) is 10.7. The van der Waals surface area contributed by atoms with Gasteiger partial charge < -0.3 is 9.63 Å². The van der Waals surface area contributed by atoms with Crippen LogP contribution in [0.15, 0.2) is 9.90 Å². The Morgan fingerprint density at radius 1 is 1.53 bits per heavy atom. The standard InChI is InChI=1S/C11H12N2O3S/c1-6-10(7(2)16-13-6)11-12-8(5-17-11)3-4-9(14)15/h5H,3-4H2,1-2H3,(H,14,15). The fraction of sp³-hybridized carbons (Fsp3) is 0.364. The van der Waals surface area contributed by atoms with Crippen LogP contribution < -0.4 is 0 Å². The van der Waals surface area contributed by atoms with E-state index in [0.717, 1.165) is 27.7 Å². The summed E-state index contributed by atoms with van der Waals surface area (Å²) in [5.74, 6) is -0.0708. The van der Waals surface area contributed by atoms with Gasteiger partial charge in [0.25, 0.3) is 0 Å². The first-order valence-corrected chi connectivity index (χ1v) is 6.05. The second kappa shape index (κ2) is 4.67. The Kier molecular flexibility index (Phi) is 3.23. The average Bonchev–Trinajstić information content (AvgIpc) is 2.83. The molecular formula is C11H12N2O3S. The van der Waals surface area contributed by atoms with Crippen molar-refractivity contribution in [2.75, 3.05) is 0 Å². The molecule has 0 unspecified atom stereocenters. The zero-order chi connectivity index (χ0) is 12.4. The van der Waals surface area contributed by atoms with Crippen LogP contribution >= 0.6 is 11.3 Å². The molecule has 17 heavy (non-hydrogen) atoms. The second-order valence-electron chi connectivity index (χ2n) is 3.74. The smallest absolute Gasteiger partial charge is 0.303 e. The largest absolute Gasteiger partial charge is 0.481 e. The molecule has 0 amide bonds. The minimum Gasteiger partial charge on any atom is -0.481 e. The van der Waals surface area contributed by atoms with E-state index >= 15 is 0 Å². The van der Waals surface area contributed by atoms with Crippen LogP contribution in [-0.2, 0) is 11.2 Å². The summed E-state index contributed by atoms with van der Waals surface area (Å²) in [6, 6.07) is 0. The molecule has 0 aliphatic heterocycles. The minimum absolute atomic E-state index is 0.102. The molecule has 6 heteroatoms. The molecule has 2 rings (SSSR count). The number of nitrogens with zero attached hydrogens (tertiary/aromatic N) is 2. The maximum atomic E-state index is 10.5. The maximum Gasteiger partial charge on any atom is 0.303 e. The predicted molar refractivity (Wildman–Crippen MR) is 63.0 cm³/mol. The number of aryl methyl sites for hydroxylation is 3. The number of aliphatic carboxylic acids is 1. The topological polar surface area (TPSA) is 76.2 Å². The van der Waals surface area contributed by atoms with E-state index in [1.165, 1.54) is 11.3 Å². The van der Waals surface area contributed by atoms with E-state index in [4.69, 9.17) is 9.63 Å². The lowest BCUT2D eigenvalue weighted by Gasteiger charge is -1.93. The number of hydrogen-bond donors (Lipinski definition) is 1.